The van der Waals surface area contributed by atoms with Gasteiger partial charge in [0, 0.05) is 47.3 Å². The van der Waals surface area contributed by atoms with Gasteiger partial charge in [-0.2, -0.15) is 0 Å². The average Bonchev–Trinajstić information content (AvgIpc) is 2.71. The van der Waals surface area contributed by atoms with Crippen LogP contribution < -0.4 is 10.6 Å². The minimum absolute atomic E-state index is 0.218. The van der Waals surface area contributed by atoms with Gasteiger partial charge in [0.1, 0.15) is 5.82 Å². The van der Waals surface area contributed by atoms with Gasteiger partial charge in [-0.3, -0.25) is 4.98 Å². The smallest absolute Gasteiger partial charge is 0.335 e. The van der Waals surface area contributed by atoms with Crippen LogP contribution in [0.1, 0.15) is 10.4 Å². The van der Waals surface area contributed by atoms with Crippen LogP contribution in [0.25, 0.3) is 21.7 Å². The highest BCUT2D eigenvalue weighted by atomic mass is 16.4. The predicted octanol–water partition coefficient (Wildman–Crippen LogP) is 4.01. The Morgan fingerprint density at radius 2 is 1.74 bits per heavy atom. The van der Waals surface area contributed by atoms with Crippen molar-refractivity contribution in [3.8, 4) is 0 Å². The van der Waals surface area contributed by atoms with Gasteiger partial charge in [-0.05, 0) is 30.3 Å². The lowest BCUT2D eigenvalue weighted by atomic mass is 10.1. The molecular weight excluding hydrogens is 340 g/mol. The van der Waals surface area contributed by atoms with Crippen LogP contribution in [0, 0.1) is 0 Å². The molecule has 0 aliphatic heterocycles. The van der Waals surface area contributed by atoms with Crippen LogP contribution in [-0.4, -0.2) is 34.1 Å². The highest BCUT2D eigenvalue weighted by molar-refractivity contribution is 6.10. The van der Waals surface area contributed by atoms with Crippen molar-refractivity contribution in [3.05, 3.63) is 72.6 Å². The Balaban J connectivity index is 1.62. The Morgan fingerprint density at radius 1 is 0.926 bits per heavy atom. The van der Waals surface area contributed by atoms with Crippen LogP contribution in [0.15, 0.2) is 67.0 Å². The van der Waals surface area contributed by atoms with E-state index in [1.54, 1.807) is 30.6 Å². The number of carbonyl (C=O) groups is 1. The van der Waals surface area contributed by atoms with Crippen LogP contribution in [0.5, 0.6) is 0 Å². The second-order valence-electron chi connectivity index (χ2n) is 6.14. The molecule has 2 aromatic heterocycles. The molecule has 0 saturated heterocycles. The van der Waals surface area contributed by atoms with E-state index in [0.29, 0.717) is 12.1 Å². The zero-order valence-electron chi connectivity index (χ0n) is 14.5. The Bertz CT molecular complexity index is 1110. The molecule has 0 amide bonds. The number of carboxylic acid groups (broad SMARTS) is 1. The molecule has 0 aliphatic carbocycles. The lowest BCUT2D eigenvalue weighted by molar-refractivity contribution is 0.0697. The van der Waals surface area contributed by atoms with Gasteiger partial charge in [-0.15, -0.1) is 0 Å². The molecule has 3 N–H and O–H groups in total. The Hall–Kier alpha value is -3.67. The fraction of sp³-hybridized carbons (Fsp3) is 0.0952. The van der Waals surface area contributed by atoms with Crippen molar-refractivity contribution >= 4 is 39.1 Å². The number of hydrogen-bond donors (Lipinski definition) is 3. The molecule has 6 heteroatoms. The first-order valence-electron chi connectivity index (χ1n) is 8.66. The van der Waals surface area contributed by atoms with Crippen molar-refractivity contribution in [2.75, 3.05) is 23.7 Å². The molecule has 0 saturated carbocycles. The number of aromatic nitrogens is 2. The molecule has 27 heavy (non-hydrogen) atoms. The highest BCUT2D eigenvalue weighted by Crippen LogP contribution is 2.29. The van der Waals surface area contributed by atoms with E-state index in [0.717, 1.165) is 34.2 Å². The van der Waals surface area contributed by atoms with E-state index >= 15 is 0 Å². The van der Waals surface area contributed by atoms with Crippen LogP contribution in [0.4, 0.5) is 11.5 Å². The lowest BCUT2D eigenvalue weighted by Crippen LogP contribution is -2.14. The minimum Gasteiger partial charge on any atom is -0.478 e. The third kappa shape index (κ3) is 3.50. The van der Waals surface area contributed by atoms with Crippen LogP contribution in [0.3, 0.4) is 0 Å². The van der Waals surface area contributed by atoms with E-state index in [-0.39, 0.29) is 5.56 Å². The third-order valence-corrected chi connectivity index (χ3v) is 4.36. The molecule has 0 atom stereocenters. The largest absolute Gasteiger partial charge is 0.478 e. The summed E-state index contributed by atoms with van der Waals surface area (Å²) in [5.41, 5.74) is 1.91. The van der Waals surface area contributed by atoms with E-state index in [4.69, 9.17) is 0 Å². The third-order valence-electron chi connectivity index (χ3n) is 4.36. The number of hydrogen-bond acceptors (Lipinski definition) is 5. The number of anilines is 2. The monoisotopic (exact) mass is 358 g/mol. The molecule has 4 aromatic rings. The van der Waals surface area contributed by atoms with Gasteiger partial charge in [0.25, 0.3) is 0 Å². The van der Waals surface area contributed by atoms with Gasteiger partial charge < -0.3 is 15.7 Å². The van der Waals surface area contributed by atoms with Crippen molar-refractivity contribution in [3.63, 3.8) is 0 Å². The maximum atomic E-state index is 11.3. The van der Waals surface area contributed by atoms with Crippen LogP contribution in [-0.2, 0) is 0 Å². The van der Waals surface area contributed by atoms with Crippen molar-refractivity contribution < 1.29 is 9.90 Å². The maximum Gasteiger partial charge on any atom is 0.335 e. The zero-order chi connectivity index (χ0) is 18.6. The number of aromatic carboxylic acids is 1. The molecule has 6 nitrogen and oxygen atoms in total. The maximum absolute atomic E-state index is 11.3. The predicted molar refractivity (Wildman–Crippen MR) is 107 cm³/mol. The van der Waals surface area contributed by atoms with Crippen molar-refractivity contribution in [1.29, 1.82) is 0 Å². The second-order valence-corrected chi connectivity index (χ2v) is 6.14. The molecule has 4 rings (SSSR count). The van der Waals surface area contributed by atoms with E-state index in [1.807, 2.05) is 36.4 Å². The van der Waals surface area contributed by atoms with Gasteiger partial charge in [0.15, 0.2) is 0 Å². The van der Waals surface area contributed by atoms with Gasteiger partial charge in [-0.25, -0.2) is 9.78 Å². The van der Waals surface area contributed by atoms with Crippen molar-refractivity contribution in [1.82, 2.24) is 9.97 Å². The number of benzene rings is 2. The van der Waals surface area contributed by atoms with Crippen molar-refractivity contribution in [2.24, 2.45) is 0 Å². The first-order chi connectivity index (χ1) is 13.2. The van der Waals surface area contributed by atoms with Crippen molar-refractivity contribution in [2.45, 2.75) is 0 Å². The van der Waals surface area contributed by atoms with Gasteiger partial charge in [0.2, 0.25) is 0 Å². The first kappa shape index (κ1) is 16.8. The molecule has 0 bridgehead atoms. The fourth-order valence-electron chi connectivity index (χ4n) is 3.06. The SMILES string of the molecule is O=C(O)c1ccc2c(c1)nc(NCCNc1ccccc1)c1ccncc12. The molecular formula is C21H18N4O2. The lowest BCUT2D eigenvalue weighted by Gasteiger charge is -2.12. The fourth-order valence-corrected chi connectivity index (χ4v) is 3.06. The molecule has 0 aliphatic rings. The van der Waals surface area contributed by atoms with Crippen LogP contribution >= 0.6 is 0 Å². The Morgan fingerprint density at radius 3 is 2.56 bits per heavy atom. The summed E-state index contributed by atoms with van der Waals surface area (Å²) in [4.78, 5) is 20.1. The molecule has 2 aromatic carbocycles. The van der Waals surface area contributed by atoms with Gasteiger partial charge in [0.05, 0.1) is 11.1 Å². The summed E-state index contributed by atoms with van der Waals surface area (Å²) in [6.07, 6.45) is 3.52. The quantitative estimate of drug-likeness (QED) is 0.357. The highest BCUT2D eigenvalue weighted by Gasteiger charge is 2.11. The van der Waals surface area contributed by atoms with E-state index in [2.05, 4.69) is 20.6 Å². The summed E-state index contributed by atoms with van der Waals surface area (Å²) in [5, 5.41) is 18.7. The molecule has 0 spiro atoms. The Kier molecular flexibility index (Phi) is 4.53. The zero-order valence-corrected chi connectivity index (χ0v) is 14.5. The molecule has 0 radical (unpaired) electrons. The number of pyridine rings is 2. The topological polar surface area (TPSA) is 87.1 Å². The molecule has 2 heterocycles. The number of fused-ring (bicyclic) bond motifs is 3. The summed E-state index contributed by atoms with van der Waals surface area (Å²) in [7, 11) is 0. The van der Waals surface area contributed by atoms with Crippen LogP contribution in [0.2, 0.25) is 0 Å². The minimum atomic E-state index is -0.966. The standard InChI is InChI=1S/C21H18N4O2/c26-21(27)14-6-7-16-18-13-22-9-8-17(18)20(25-19(16)12-14)24-11-10-23-15-4-2-1-3-5-15/h1-9,12-13,23H,10-11H2,(H,24,25)(H,26,27). The van der Waals surface area contributed by atoms with E-state index in [1.165, 1.54) is 0 Å². The van der Waals surface area contributed by atoms with Gasteiger partial charge >= 0.3 is 5.97 Å². The second kappa shape index (κ2) is 7.29. The first-order valence-corrected chi connectivity index (χ1v) is 8.66. The molecule has 0 fully saturated rings. The number of rotatable bonds is 6. The summed E-state index contributed by atoms with van der Waals surface area (Å²) < 4.78 is 0. The number of carboxylic acids is 1. The van der Waals surface area contributed by atoms with E-state index in [9.17, 15) is 9.90 Å². The average molecular weight is 358 g/mol. The summed E-state index contributed by atoms with van der Waals surface area (Å²) in [5.74, 6) is -0.246. The molecule has 134 valence electrons. The summed E-state index contributed by atoms with van der Waals surface area (Å²) >= 11 is 0. The molecule has 0 unspecified atom stereocenters. The number of nitrogens with one attached hydrogen (secondary N) is 2. The number of para-hydroxylation sites is 1. The summed E-state index contributed by atoms with van der Waals surface area (Å²) in [6, 6.07) is 16.9. The number of nitrogens with zero attached hydrogens (tertiary/aromatic N) is 2. The van der Waals surface area contributed by atoms with E-state index < -0.39 is 5.97 Å². The normalized spacial score (nSPS) is 10.8. The van der Waals surface area contributed by atoms with Gasteiger partial charge in [-0.1, -0.05) is 24.3 Å². The Labute approximate surface area is 155 Å². The summed E-state index contributed by atoms with van der Waals surface area (Å²) in [6.45, 7) is 1.40.